The number of hydrogen-bond donors (Lipinski definition) is 1. The maximum absolute atomic E-state index is 12.2. The van der Waals surface area contributed by atoms with Gasteiger partial charge >= 0.3 is 0 Å². The molecule has 0 atom stereocenters. The third-order valence-corrected chi connectivity index (χ3v) is 4.76. The molecule has 1 aromatic carbocycles. The van der Waals surface area contributed by atoms with Crippen molar-refractivity contribution in [3.05, 3.63) is 35.7 Å². The third-order valence-electron chi connectivity index (χ3n) is 3.78. The van der Waals surface area contributed by atoms with E-state index in [1.54, 1.807) is 4.68 Å². The molecule has 0 saturated heterocycles. The SMILES string of the molecule is CCn1nnc2c(SCC(=O)Nc3cccc(C)c3C)ncnc21. The van der Waals surface area contributed by atoms with Gasteiger partial charge < -0.3 is 5.32 Å². The highest BCUT2D eigenvalue weighted by atomic mass is 32.2. The Morgan fingerprint density at radius 1 is 1.29 bits per heavy atom. The number of nitrogens with zero attached hydrogens (tertiary/aromatic N) is 5. The summed E-state index contributed by atoms with van der Waals surface area (Å²) in [6.45, 7) is 6.68. The molecule has 3 rings (SSSR count). The van der Waals surface area contributed by atoms with E-state index in [4.69, 9.17) is 0 Å². The normalized spacial score (nSPS) is 11.0. The Kier molecular flexibility index (Phi) is 4.75. The van der Waals surface area contributed by atoms with Gasteiger partial charge in [0, 0.05) is 12.2 Å². The van der Waals surface area contributed by atoms with E-state index in [0.29, 0.717) is 22.7 Å². The Labute approximate surface area is 143 Å². The molecule has 24 heavy (non-hydrogen) atoms. The van der Waals surface area contributed by atoms with Gasteiger partial charge in [0.25, 0.3) is 0 Å². The number of fused-ring (bicyclic) bond motifs is 1. The molecule has 0 fully saturated rings. The first kappa shape index (κ1) is 16.4. The van der Waals surface area contributed by atoms with Gasteiger partial charge in [0.2, 0.25) is 5.91 Å². The van der Waals surface area contributed by atoms with Gasteiger partial charge in [-0.15, -0.1) is 5.10 Å². The van der Waals surface area contributed by atoms with Crippen LogP contribution in [0.3, 0.4) is 0 Å². The van der Waals surface area contributed by atoms with Crippen LogP contribution in [0.4, 0.5) is 5.69 Å². The molecule has 2 aromatic heterocycles. The van der Waals surface area contributed by atoms with Crippen molar-refractivity contribution >= 4 is 34.5 Å². The predicted octanol–water partition coefficient (Wildman–Crippen LogP) is 2.59. The van der Waals surface area contributed by atoms with Crippen LogP contribution in [-0.2, 0) is 11.3 Å². The molecule has 0 unspecified atom stereocenters. The van der Waals surface area contributed by atoms with Crippen molar-refractivity contribution in [1.82, 2.24) is 25.0 Å². The highest BCUT2D eigenvalue weighted by molar-refractivity contribution is 8.00. The number of aromatic nitrogens is 5. The number of nitrogens with one attached hydrogen (secondary N) is 1. The van der Waals surface area contributed by atoms with Crippen LogP contribution < -0.4 is 5.32 Å². The summed E-state index contributed by atoms with van der Waals surface area (Å²) >= 11 is 1.33. The number of thioether (sulfide) groups is 1. The zero-order chi connectivity index (χ0) is 17.1. The van der Waals surface area contributed by atoms with Crippen LogP contribution in [0.1, 0.15) is 18.1 Å². The number of carbonyl (C=O) groups is 1. The van der Waals surface area contributed by atoms with Gasteiger partial charge in [0.1, 0.15) is 11.4 Å². The minimum atomic E-state index is -0.0802. The van der Waals surface area contributed by atoms with Crippen LogP contribution >= 0.6 is 11.8 Å². The topological polar surface area (TPSA) is 85.6 Å². The molecule has 0 aliphatic rings. The number of amides is 1. The van der Waals surface area contributed by atoms with E-state index < -0.39 is 0 Å². The second-order valence-electron chi connectivity index (χ2n) is 5.34. The van der Waals surface area contributed by atoms with Crippen molar-refractivity contribution in [2.45, 2.75) is 32.3 Å². The summed E-state index contributed by atoms with van der Waals surface area (Å²) in [7, 11) is 0. The maximum atomic E-state index is 12.2. The Bertz CT molecular complexity index is 891. The van der Waals surface area contributed by atoms with E-state index in [0.717, 1.165) is 16.8 Å². The molecule has 8 heteroatoms. The Hall–Kier alpha value is -2.48. The first-order valence-electron chi connectivity index (χ1n) is 7.63. The zero-order valence-electron chi connectivity index (χ0n) is 13.8. The maximum Gasteiger partial charge on any atom is 0.234 e. The first-order valence-corrected chi connectivity index (χ1v) is 8.61. The molecule has 1 N–H and O–H groups in total. The van der Waals surface area contributed by atoms with Gasteiger partial charge in [-0.1, -0.05) is 29.1 Å². The molecule has 0 aliphatic heterocycles. The molecule has 0 spiro atoms. The molecule has 2 heterocycles. The standard InChI is InChI=1S/C16H18N6OS/c1-4-22-15-14(20-21-22)16(18-9-17-15)24-8-13(23)19-12-7-5-6-10(2)11(12)3/h5-7,9H,4,8H2,1-3H3,(H,19,23). The van der Waals surface area contributed by atoms with Gasteiger partial charge in [-0.2, -0.15) is 0 Å². The molecule has 0 saturated carbocycles. The molecule has 3 aromatic rings. The summed E-state index contributed by atoms with van der Waals surface area (Å²) in [5, 5.41) is 11.8. The van der Waals surface area contributed by atoms with Gasteiger partial charge in [0.05, 0.1) is 5.75 Å². The van der Waals surface area contributed by atoms with E-state index in [1.165, 1.54) is 18.1 Å². The lowest BCUT2D eigenvalue weighted by molar-refractivity contribution is -0.113. The van der Waals surface area contributed by atoms with Crippen molar-refractivity contribution in [1.29, 1.82) is 0 Å². The summed E-state index contributed by atoms with van der Waals surface area (Å²) in [4.78, 5) is 20.7. The van der Waals surface area contributed by atoms with Gasteiger partial charge in [-0.25, -0.2) is 14.6 Å². The largest absolute Gasteiger partial charge is 0.325 e. The fourth-order valence-corrected chi connectivity index (χ4v) is 3.03. The number of aryl methyl sites for hydroxylation is 2. The van der Waals surface area contributed by atoms with Crippen molar-refractivity contribution in [2.75, 3.05) is 11.1 Å². The second kappa shape index (κ2) is 6.96. The van der Waals surface area contributed by atoms with E-state index in [2.05, 4.69) is 25.6 Å². The molecule has 1 amide bonds. The zero-order valence-corrected chi connectivity index (χ0v) is 14.6. The van der Waals surface area contributed by atoms with Crippen LogP contribution in [0.2, 0.25) is 0 Å². The lowest BCUT2D eigenvalue weighted by Gasteiger charge is -2.10. The lowest BCUT2D eigenvalue weighted by Crippen LogP contribution is -2.15. The quantitative estimate of drug-likeness (QED) is 0.566. The first-order chi connectivity index (χ1) is 11.6. The molecule has 0 aliphatic carbocycles. The number of carbonyl (C=O) groups excluding carboxylic acids is 1. The van der Waals surface area contributed by atoms with Crippen molar-refractivity contribution < 1.29 is 4.79 Å². The van der Waals surface area contributed by atoms with Gasteiger partial charge in [0.15, 0.2) is 11.2 Å². The number of rotatable bonds is 5. The summed E-state index contributed by atoms with van der Waals surface area (Å²) in [5.41, 5.74) is 4.37. The fourth-order valence-electron chi connectivity index (χ4n) is 2.30. The smallest absolute Gasteiger partial charge is 0.234 e. The predicted molar refractivity (Wildman–Crippen MR) is 94.1 cm³/mol. The van der Waals surface area contributed by atoms with Crippen molar-refractivity contribution in [3.8, 4) is 0 Å². The summed E-state index contributed by atoms with van der Waals surface area (Å²) < 4.78 is 1.71. The van der Waals surface area contributed by atoms with E-state index >= 15 is 0 Å². The number of benzene rings is 1. The van der Waals surface area contributed by atoms with Crippen LogP contribution in [0.25, 0.3) is 11.2 Å². The van der Waals surface area contributed by atoms with E-state index in [-0.39, 0.29) is 11.7 Å². The lowest BCUT2D eigenvalue weighted by atomic mass is 10.1. The number of hydrogen-bond acceptors (Lipinski definition) is 6. The minimum absolute atomic E-state index is 0.0802. The highest BCUT2D eigenvalue weighted by Gasteiger charge is 2.13. The van der Waals surface area contributed by atoms with Gasteiger partial charge in [-0.3, -0.25) is 4.79 Å². The molecule has 124 valence electrons. The second-order valence-corrected chi connectivity index (χ2v) is 6.30. The molecular formula is C16H18N6OS. The van der Waals surface area contributed by atoms with Crippen molar-refractivity contribution in [3.63, 3.8) is 0 Å². The summed E-state index contributed by atoms with van der Waals surface area (Å²) in [6.07, 6.45) is 1.47. The summed E-state index contributed by atoms with van der Waals surface area (Å²) in [5.74, 6) is 0.168. The highest BCUT2D eigenvalue weighted by Crippen LogP contribution is 2.23. The van der Waals surface area contributed by atoms with Crippen LogP contribution in [0.15, 0.2) is 29.6 Å². The van der Waals surface area contributed by atoms with Crippen LogP contribution in [0, 0.1) is 13.8 Å². The van der Waals surface area contributed by atoms with Crippen molar-refractivity contribution in [2.24, 2.45) is 0 Å². The molecule has 0 radical (unpaired) electrons. The molecule has 0 bridgehead atoms. The van der Waals surface area contributed by atoms with Crippen LogP contribution in [-0.4, -0.2) is 36.6 Å². The Morgan fingerprint density at radius 2 is 2.12 bits per heavy atom. The average molecular weight is 342 g/mol. The van der Waals surface area contributed by atoms with E-state index in [9.17, 15) is 4.79 Å². The minimum Gasteiger partial charge on any atom is -0.325 e. The third kappa shape index (κ3) is 3.23. The van der Waals surface area contributed by atoms with Crippen LogP contribution in [0.5, 0.6) is 0 Å². The molecular weight excluding hydrogens is 324 g/mol. The summed E-state index contributed by atoms with van der Waals surface area (Å²) in [6, 6.07) is 5.86. The Morgan fingerprint density at radius 3 is 2.92 bits per heavy atom. The fraction of sp³-hybridized carbons (Fsp3) is 0.312. The monoisotopic (exact) mass is 342 g/mol. The number of anilines is 1. The Balaban J connectivity index is 1.71. The average Bonchev–Trinajstić information content (AvgIpc) is 3.01. The van der Waals surface area contributed by atoms with E-state index in [1.807, 2.05) is 39.0 Å². The molecule has 7 nitrogen and oxygen atoms in total. The van der Waals surface area contributed by atoms with Gasteiger partial charge in [-0.05, 0) is 38.0 Å².